The zero-order valence-corrected chi connectivity index (χ0v) is 7.28. The van der Waals surface area contributed by atoms with Crippen molar-refractivity contribution in [2.24, 2.45) is 5.11 Å². The fourth-order valence-electron chi connectivity index (χ4n) is 0.951. The van der Waals surface area contributed by atoms with Gasteiger partial charge >= 0.3 is 0 Å². The van der Waals surface area contributed by atoms with Crippen molar-refractivity contribution in [3.05, 3.63) is 10.4 Å². The Hall–Kier alpha value is -0.730. The molecule has 0 aliphatic rings. The monoisotopic (exact) mass is 157 g/mol. The Labute approximate surface area is 66.9 Å². The van der Waals surface area contributed by atoms with Crippen molar-refractivity contribution in [2.75, 3.05) is 0 Å². The highest BCUT2D eigenvalue weighted by Crippen LogP contribution is 2.21. The normalized spacial score (nSPS) is 18.2. The molecule has 0 radical (unpaired) electrons. The lowest BCUT2D eigenvalue weighted by Gasteiger charge is -2.26. The zero-order valence-electron chi connectivity index (χ0n) is 7.28. The summed E-state index contributed by atoms with van der Waals surface area (Å²) >= 11 is 0. The fourth-order valence-corrected chi connectivity index (χ4v) is 0.951. The van der Waals surface area contributed by atoms with Gasteiger partial charge in [0.05, 0.1) is 11.6 Å². The van der Waals surface area contributed by atoms with E-state index in [0.717, 1.165) is 6.42 Å². The molecule has 0 aromatic rings. The van der Waals surface area contributed by atoms with E-state index in [2.05, 4.69) is 10.0 Å². The molecule has 0 bridgehead atoms. The van der Waals surface area contributed by atoms with Gasteiger partial charge in [-0.15, -0.1) is 0 Å². The highest BCUT2D eigenvalue weighted by Gasteiger charge is 2.27. The van der Waals surface area contributed by atoms with Gasteiger partial charge < -0.3 is 5.11 Å². The third-order valence-corrected chi connectivity index (χ3v) is 1.93. The van der Waals surface area contributed by atoms with Crippen molar-refractivity contribution in [3.63, 3.8) is 0 Å². The van der Waals surface area contributed by atoms with Crippen LogP contribution in [0.2, 0.25) is 0 Å². The van der Waals surface area contributed by atoms with E-state index in [-0.39, 0.29) is 0 Å². The summed E-state index contributed by atoms with van der Waals surface area (Å²) in [6, 6.07) is 0. The predicted molar refractivity (Wildman–Crippen MR) is 44.1 cm³/mol. The van der Waals surface area contributed by atoms with Gasteiger partial charge in [-0.05, 0) is 18.9 Å². The van der Waals surface area contributed by atoms with Crippen molar-refractivity contribution in [2.45, 2.75) is 45.3 Å². The van der Waals surface area contributed by atoms with E-state index in [1.165, 1.54) is 0 Å². The Bertz CT molecular complexity index is 163. The molecule has 64 valence electrons. The Morgan fingerprint density at radius 2 is 2.27 bits per heavy atom. The largest absolute Gasteiger partial charge is 0.393 e. The Balaban J connectivity index is 4.37. The van der Waals surface area contributed by atoms with E-state index in [4.69, 9.17) is 5.53 Å². The van der Waals surface area contributed by atoms with Gasteiger partial charge in [-0.3, -0.25) is 0 Å². The van der Waals surface area contributed by atoms with E-state index in [0.29, 0.717) is 6.42 Å². The minimum absolute atomic E-state index is 0.585. The third kappa shape index (κ3) is 2.78. The van der Waals surface area contributed by atoms with Gasteiger partial charge in [0.25, 0.3) is 0 Å². The molecule has 4 nitrogen and oxygen atoms in total. The van der Waals surface area contributed by atoms with Crippen LogP contribution in [0.15, 0.2) is 5.11 Å². The Morgan fingerprint density at radius 3 is 2.55 bits per heavy atom. The quantitative estimate of drug-likeness (QED) is 0.379. The molecular formula is C7H15N3O. The molecule has 0 saturated heterocycles. The third-order valence-electron chi connectivity index (χ3n) is 1.93. The number of rotatable bonds is 4. The number of hydrogen-bond donors (Lipinski definition) is 1. The molecule has 0 fully saturated rings. The molecule has 0 rings (SSSR count). The molecule has 0 aromatic heterocycles. The maximum absolute atomic E-state index is 9.27. The number of nitrogens with zero attached hydrogens (tertiary/aromatic N) is 3. The first-order chi connectivity index (χ1) is 5.06. The van der Waals surface area contributed by atoms with Gasteiger partial charge in [0.15, 0.2) is 0 Å². The molecule has 4 heteroatoms. The van der Waals surface area contributed by atoms with Crippen molar-refractivity contribution >= 4 is 0 Å². The minimum atomic E-state index is -0.635. The van der Waals surface area contributed by atoms with Gasteiger partial charge in [0.1, 0.15) is 0 Å². The second kappa shape index (κ2) is 4.21. The van der Waals surface area contributed by atoms with Crippen molar-refractivity contribution < 1.29 is 5.11 Å². The number of hydrogen-bond acceptors (Lipinski definition) is 2. The molecular weight excluding hydrogens is 142 g/mol. The summed E-state index contributed by atoms with van der Waals surface area (Å²) in [7, 11) is 0. The maximum atomic E-state index is 9.27. The molecule has 0 saturated carbocycles. The van der Waals surface area contributed by atoms with E-state index >= 15 is 0 Å². The number of aliphatic hydroxyl groups excluding tert-OH is 1. The highest BCUT2D eigenvalue weighted by molar-refractivity contribution is 4.87. The van der Waals surface area contributed by atoms with Crippen LogP contribution >= 0.6 is 0 Å². The first-order valence-corrected chi connectivity index (χ1v) is 3.81. The van der Waals surface area contributed by atoms with Crippen molar-refractivity contribution in [3.8, 4) is 0 Å². The second-order valence-electron chi connectivity index (χ2n) is 2.97. The van der Waals surface area contributed by atoms with Gasteiger partial charge in [-0.25, -0.2) is 0 Å². The average molecular weight is 157 g/mol. The number of aliphatic hydroxyl groups is 1. The van der Waals surface area contributed by atoms with Crippen LogP contribution in [0, 0.1) is 0 Å². The molecule has 11 heavy (non-hydrogen) atoms. The lowest BCUT2D eigenvalue weighted by Crippen LogP contribution is -2.34. The first-order valence-electron chi connectivity index (χ1n) is 3.81. The zero-order chi connectivity index (χ0) is 8.91. The summed E-state index contributed by atoms with van der Waals surface area (Å²) < 4.78 is 0. The minimum Gasteiger partial charge on any atom is -0.393 e. The van der Waals surface area contributed by atoms with Crippen LogP contribution in [-0.4, -0.2) is 16.7 Å². The molecule has 0 aliphatic heterocycles. The molecule has 1 N–H and O–H groups in total. The summed E-state index contributed by atoms with van der Waals surface area (Å²) in [5.41, 5.74) is 7.59. The maximum Gasteiger partial charge on any atom is 0.0715 e. The van der Waals surface area contributed by atoms with Gasteiger partial charge in [0.2, 0.25) is 0 Å². The van der Waals surface area contributed by atoms with E-state index in [9.17, 15) is 5.11 Å². The molecule has 2 atom stereocenters. The van der Waals surface area contributed by atoms with Gasteiger partial charge in [-0.1, -0.05) is 25.4 Å². The summed E-state index contributed by atoms with van der Waals surface area (Å²) in [6.45, 7) is 5.40. The summed E-state index contributed by atoms with van der Waals surface area (Å²) in [6.07, 6.45) is 1.04. The topological polar surface area (TPSA) is 69.0 Å². The van der Waals surface area contributed by atoms with Crippen LogP contribution in [0.3, 0.4) is 0 Å². The van der Waals surface area contributed by atoms with Gasteiger partial charge in [0, 0.05) is 4.91 Å². The van der Waals surface area contributed by atoms with Crippen LogP contribution in [0.25, 0.3) is 10.4 Å². The van der Waals surface area contributed by atoms with Gasteiger partial charge in [-0.2, -0.15) is 0 Å². The van der Waals surface area contributed by atoms with Crippen molar-refractivity contribution in [1.29, 1.82) is 0 Å². The number of azide groups is 1. The molecule has 0 amide bonds. The lowest BCUT2D eigenvalue weighted by molar-refractivity contribution is 0.105. The summed E-state index contributed by atoms with van der Waals surface area (Å²) in [4.78, 5) is 2.71. The average Bonchev–Trinajstić information content (AvgIpc) is 1.88. The van der Waals surface area contributed by atoms with E-state index in [1.54, 1.807) is 13.8 Å². The molecule has 0 spiro atoms. The molecule has 2 unspecified atom stereocenters. The van der Waals surface area contributed by atoms with E-state index in [1.807, 2.05) is 6.92 Å². The molecule has 0 heterocycles. The first kappa shape index (κ1) is 10.3. The Kier molecular flexibility index (Phi) is 3.93. The van der Waals surface area contributed by atoms with Crippen LogP contribution in [0.5, 0.6) is 0 Å². The highest BCUT2D eigenvalue weighted by atomic mass is 16.3. The van der Waals surface area contributed by atoms with Crippen LogP contribution in [0.1, 0.15) is 33.6 Å². The SMILES string of the molecule is CCCC(C)(N=[N+]=[N-])C(C)O. The predicted octanol–water partition coefficient (Wildman–Crippen LogP) is 2.24. The van der Waals surface area contributed by atoms with Crippen LogP contribution in [-0.2, 0) is 0 Å². The molecule has 0 aromatic carbocycles. The van der Waals surface area contributed by atoms with Crippen LogP contribution in [0.4, 0.5) is 0 Å². The lowest BCUT2D eigenvalue weighted by atomic mass is 9.92. The van der Waals surface area contributed by atoms with Crippen LogP contribution < -0.4 is 0 Å². The summed E-state index contributed by atoms with van der Waals surface area (Å²) in [5, 5.41) is 12.8. The smallest absolute Gasteiger partial charge is 0.0715 e. The molecule has 0 aliphatic carbocycles. The second-order valence-corrected chi connectivity index (χ2v) is 2.97. The van der Waals surface area contributed by atoms with E-state index < -0.39 is 11.6 Å². The Morgan fingerprint density at radius 1 is 1.73 bits per heavy atom. The standard InChI is InChI=1S/C7H15N3O/c1-4-5-7(3,6(2)11)9-10-8/h6,11H,4-5H2,1-3H3. The fraction of sp³-hybridized carbons (Fsp3) is 1.00. The van der Waals surface area contributed by atoms with Crippen molar-refractivity contribution in [1.82, 2.24) is 0 Å². The summed E-state index contributed by atoms with van der Waals surface area (Å²) in [5.74, 6) is 0.